The minimum atomic E-state index is -1.06. The van der Waals surface area contributed by atoms with Gasteiger partial charge in [0.25, 0.3) is 5.91 Å². The van der Waals surface area contributed by atoms with E-state index in [0.29, 0.717) is 27.0 Å². The SMILES string of the molecule is O=C(O)CO[C@@H]1c2ccccc2C[C@H]1NC(=O)c1cc2sc(Cl)c(Cl)c2[nH]1. The van der Waals surface area contributed by atoms with Crippen LogP contribution in [0.1, 0.15) is 27.7 Å². The smallest absolute Gasteiger partial charge is 0.329 e. The molecule has 0 unspecified atom stereocenters. The van der Waals surface area contributed by atoms with E-state index in [1.165, 1.54) is 11.3 Å². The van der Waals surface area contributed by atoms with Gasteiger partial charge in [-0.3, -0.25) is 4.79 Å². The van der Waals surface area contributed by atoms with Crippen molar-refractivity contribution in [3.05, 3.63) is 56.5 Å². The largest absolute Gasteiger partial charge is 0.480 e. The lowest BCUT2D eigenvalue weighted by molar-refractivity contribution is -0.144. The van der Waals surface area contributed by atoms with Crippen LogP contribution >= 0.6 is 34.5 Å². The second-order valence-electron chi connectivity index (χ2n) is 6.22. The highest BCUT2D eigenvalue weighted by Gasteiger charge is 2.35. The maximum Gasteiger partial charge on any atom is 0.329 e. The van der Waals surface area contributed by atoms with Gasteiger partial charge < -0.3 is 20.1 Å². The van der Waals surface area contributed by atoms with Crippen molar-refractivity contribution >= 4 is 56.6 Å². The number of carboxylic acid groups (broad SMARTS) is 1. The molecule has 6 nitrogen and oxygen atoms in total. The topological polar surface area (TPSA) is 91.4 Å². The third-order valence-electron chi connectivity index (χ3n) is 4.49. The number of aromatic amines is 1. The Morgan fingerprint density at radius 2 is 2.11 bits per heavy atom. The predicted molar refractivity (Wildman–Crippen MR) is 104 cm³/mol. The van der Waals surface area contributed by atoms with Crippen LogP contribution < -0.4 is 5.32 Å². The molecule has 3 N–H and O–H groups in total. The Labute approximate surface area is 168 Å². The van der Waals surface area contributed by atoms with Gasteiger partial charge in [0.15, 0.2) is 0 Å². The summed E-state index contributed by atoms with van der Waals surface area (Å²) in [5, 5.41) is 12.3. The molecular weight excluding hydrogens is 411 g/mol. The molecule has 1 aliphatic rings. The van der Waals surface area contributed by atoms with Crippen molar-refractivity contribution in [3.63, 3.8) is 0 Å². The highest BCUT2D eigenvalue weighted by atomic mass is 35.5. The molecule has 0 aliphatic heterocycles. The zero-order valence-corrected chi connectivity index (χ0v) is 16.1. The number of carboxylic acids is 1. The molecule has 0 saturated carbocycles. The molecule has 0 spiro atoms. The summed E-state index contributed by atoms with van der Waals surface area (Å²) in [4.78, 5) is 26.6. The second kappa shape index (κ2) is 7.16. The molecule has 0 radical (unpaired) electrons. The first kappa shape index (κ1) is 18.3. The van der Waals surface area contributed by atoms with Crippen LogP contribution in [0.4, 0.5) is 0 Å². The highest BCUT2D eigenvalue weighted by molar-refractivity contribution is 7.23. The third kappa shape index (κ3) is 3.43. The molecule has 2 atom stereocenters. The minimum Gasteiger partial charge on any atom is -0.480 e. The van der Waals surface area contributed by atoms with E-state index in [1.54, 1.807) is 6.07 Å². The van der Waals surface area contributed by atoms with Gasteiger partial charge in [0.05, 0.1) is 21.3 Å². The maximum atomic E-state index is 12.7. The van der Waals surface area contributed by atoms with Crippen molar-refractivity contribution in [2.45, 2.75) is 18.6 Å². The summed E-state index contributed by atoms with van der Waals surface area (Å²) in [6.07, 6.45) is 0.0452. The van der Waals surface area contributed by atoms with Crippen molar-refractivity contribution in [2.24, 2.45) is 0 Å². The number of fused-ring (bicyclic) bond motifs is 2. The number of aromatic nitrogens is 1. The van der Waals surface area contributed by atoms with Crippen molar-refractivity contribution in [3.8, 4) is 0 Å². The lowest BCUT2D eigenvalue weighted by atomic mass is 10.1. The summed E-state index contributed by atoms with van der Waals surface area (Å²) in [6.45, 7) is -0.433. The number of amides is 1. The van der Waals surface area contributed by atoms with Crippen LogP contribution in [0.3, 0.4) is 0 Å². The number of nitrogens with one attached hydrogen (secondary N) is 2. The van der Waals surface area contributed by atoms with Crippen molar-refractivity contribution in [2.75, 3.05) is 6.61 Å². The van der Waals surface area contributed by atoms with Gasteiger partial charge in [-0.15, -0.1) is 11.3 Å². The van der Waals surface area contributed by atoms with Crippen molar-refractivity contribution in [1.29, 1.82) is 0 Å². The number of H-pyrrole nitrogens is 1. The fourth-order valence-corrected chi connectivity index (χ4v) is 4.82. The van der Waals surface area contributed by atoms with Gasteiger partial charge in [0.1, 0.15) is 22.7 Å². The first-order valence-electron chi connectivity index (χ1n) is 8.12. The van der Waals surface area contributed by atoms with Gasteiger partial charge >= 0.3 is 5.97 Å². The molecule has 1 amide bonds. The molecular formula is C18H14Cl2N2O4S. The molecule has 0 bridgehead atoms. The number of carbonyl (C=O) groups is 2. The van der Waals surface area contributed by atoms with E-state index in [4.69, 9.17) is 33.0 Å². The van der Waals surface area contributed by atoms with Gasteiger partial charge in [-0.05, 0) is 23.6 Å². The zero-order chi connectivity index (χ0) is 19.1. The van der Waals surface area contributed by atoms with E-state index in [9.17, 15) is 9.59 Å². The number of carbonyl (C=O) groups excluding carboxylic acids is 1. The summed E-state index contributed by atoms with van der Waals surface area (Å²) in [5.41, 5.74) is 2.92. The van der Waals surface area contributed by atoms with Gasteiger partial charge in [0, 0.05) is 0 Å². The van der Waals surface area contributed by atoms with Crippen LogP contribution in [0.2, 0.25) is 9.36 Å². The number of thiophene rings is 1. The Balaban J connectivity index is 1.56. The first-order chi connectivity index (χ1) is 12.9. The van der Waals surface area contributed by atoms with E-state index >= 15 is 0 Å². The van der Waals surface area contributed by atoms with Crippen molar-refractivity contribution in [1.82, 2.24) is 10.3 Å². The lowest BCUT2D eigenvalue weighted by Crippen LogP contribution is -2.39. The van der Waals surface area contributed by atoms with E-state index in [1.807, 2.05) is 24.3 Å². The second-order valence-corrected chi connectivity index (χ2v) is 8.25. The summed E-state index contributed by atoms with van der Waals surface area (Å²) in [6, 6.07) is 8.94. The van der Waals surface area contributed by atoms with Gasteiger partial charge in [-0.25, -0.2) is 4.79 Å². The zero-order valence-electron chi connectivity index (χ0n) is 13.8. The molecule has 9 heteroatoms. The van der Waals surface area contributed by atoms with Crippen LogP contribution in [0.5, 0.6) is 0 Å². The summed E-state index contributed by atoms with van der Waals surface area (Å²) < 4.78 is 6.82. The summed E-state index contributed by atoms with van der Waals surface area (Å²) in [7, 11) is 0. The number of halogens is 2. The number of hydrogen-bond acceptors (Lipinski definition) is 4. The normalized spacial score (nSPS) is 18.6. The molecule has 2 aromatic heterocycles. The van der Waals surface area contributed by atoms with Gasteiger partial charge in [-0.1, -0.05) is 47.5 Å². The molecule has 4 rings (SSSR count). The first-order valence-corrected chi connectivity index (χ1v) is 9.70. The number of benzene rings is 1. The van der Waals surface area contributed by atoms with E-state index < -0.39 is 18.7 Å². The highest BCUT2D eigenvalue weighted by Crippen LogP contribution is 2.39. The Hall–Kier alpha value is -2.06. The standard InChI is InChI=1S/C18H14Cl2N2O4S/c19-14-15-12(27-17(14)20)6-11(21-15)18(25)22-10-5-8-3-1-2-4-9(8)16(10)26-7-13(23)24/h1-4,6,10,16,21H,5,7H2,(H,22,25)(H,23,24)/t10-,16-/m1/s1. The monoisotopic (exact) mass is 424 g/mol. The van der Waals surface area contributed by atoms with Gasteiger partial charge in [0.2, 0.25) is 0 Å². The molecule has 3 aromatic rings. The molecule has 140 valence electrons. The van der Waals surface area contributed by atoms with Crippen LogP contribution in [0.15, 0.2) is 30.3 Å². The van der Waals surface area contributed by atoms with E-state index in [2.05, 4.69) is 10.3 Å². The number of aliphatic carboxylic acids is 1. The summed E-state index contributed by atoms with van der Waals surface area (Å²) >= 11 is 13.4. The molecule has 1 aromatic carbocycles. The quantitative estimate of drug-likeness (QED) is 0.576. The van der Waals surface area contributed by atoms with Crippen LogP contribution in [-0.4, -0.2) is 34.6 Å². The van der Waals surface area contributed by atoms with Crippen molar-refractivity contribution < 1.29 is 19.4 Å². The molecule has 2 heterocycles. The number of ether oxygens (including phenoxy) is 1. The maximum absolute atomic E-state index is 12.7. The van der Waals surface area contributed by atoms with E-state index in [-0.39, 0.29) is 11.9 Å². The molecule has 0 fully saturated rings. The average molecular weight is 425 g/mol. The van der Waals surface area contributed by atoms with Gasteiger partial charge in [-0.2, -0.15) is 0 Å². The fourth-order valence-electron chi connectivity index (χ4n) is 3.34. The molecule has 0 saturated heterocycles. The predicted octanol–water partition coefficient (Wildman–Crippen LogP) is 4.03. The third-order valence-corrected chi connectivity index (χ3v) is 6.42. The van der Waals surface area contributed by atoms with Crippen LogP contribution in [0, 0.1) is 0 Å². The number of rotatable bonds is 5. The number of hydrogen-bond donors (Lipinski definition) is 3. The average Bonchev–Trinajstić information content (AvgIpc) is 3.27. The Morgan fingerprint density at radius 3 is 2.85 bits per heavy atom. The van der Waals surface area contributed by atoms with Crippen LogP contribution in [-0.2, 0) is 16.0 Å². The van der Waals surface area contributed by atoms with Crippen LogP contribution in [0.25, 0.3) is 10.2 Å². The minimum absolute atomic E-state index is 0.313. The fraction of sp³-hybridized carbons (Fsp3) is 0.222. The molecule has 1 aliphatic carbocycles. The Kier molecular flexibility index (Phi) is 4.86. The molecule has 27 heavy (non-hydrogen) atoms. The lowest BCUT2D eigenvalue weighted by Gasteiger charge is -2.21. The Morgan fingerprint density at radius 1 is 1.33 bits per heavy atom. The Bertz CT molecular complexity index is 1050. The summed E-state index contributed by atoms with van der Waals surface area (Å²) in [5.74, 6) is -1.37. The van der Waals surface area contributed by atoms with E-state index in [0.717, 1.165) is 15.8 Å².